The van der Waals surface area contributed by atoms with E-state index in [1.165, 1.54) is 0 Å². The van der Waals surface area contributed by atoms with Gasteiger partial charge in [0.15, 0.2) is 0 Å². The zero-order valence-corrected chi connectivity index (χ0v) is 12.8. The summed E-state index contributed by atoms with van der Waals surface area (Å²) in [6.07, 6.45) is 1.56. The van der Waals surface area contributed by atoms with Crippen molar-refractivity contribution in [2.24, 2.45) is 0 Å². The average Bonchev–Trinajstić information content (AvgIpc) is 2.96. The molecule has 22 heavy (non-hydrogen) atoms. The minimum absolute atomic E-state index is 0.260. The topological polar surface area (TPSA) is 64.0 Å². The van der Waals surface area contributed by atoms with Crippen LogP contribution in [-0.2, 0) is 10.0 Å². The summed E-state index contributed by atoms with van der Waals surface area (Å²) >= 11 is 0. The predicted octanol–water partition coefficient (Wildman–Crippen LogP) is 2.98. The fourth-order valence-corrected chi connectivity index (χ4v) is 3.50. The van der Waals surface area contributed by atoms with Gasteiger partial charge >= 0.3 is 0 Å². The standard InChI is InChI=1S/C16H15N3O2S/c1-13-7-5-6-10-15(13)22(20,21)18-16-11-12-17-19(16)14-8-3-2-4-9-14/h2-12,18H,1H3. The molecule has 2 aromatic carbocycles. The predicted molar refractivity (Wildman–Crippen MR) is 85.6 cm³/mol. The molecule has 1 heterocycles. The maximum absolute atomic E-state index is 12.6. The van der Waals surface area contributed by atoms with Gasteiger partial charge in [0, 0.05) is 6.07 Å². The lowest BCUT2D eigenvalue weighted by Crippen LogP contribution is -2.16. The van der Waals surface area contributed by atoms with Crippen LogP contribution >= 0.6 is 0 Å². The van der Waals surface area contributed by atoms with E-state index in [1.807, 2.05) is 36.4 Å². The molecule has 1 aromatic heterocycles. The Balaban J connectivity index is 1.98. The fraction of sp³-hybridized carbons (Fsp3) is 0.0625. The summed E-state index contributed by atoms with van der Waals surface area (Å²) in [6.45, 7) is 1.77. The van der Waals surface area contributed by atoms with Gasteiger partial charge in [-0.2, -0.15) is 5.10 Å². The normalized spacial score (nSPS) is 11.3. The van der Waals surface area contributed by atoms with Crippen LogP contribution in [0.2, 0.25) is 0 Å². The summed E-state index contributed by atoms with van der Waals surface area (Å²) < 4.78 is 29.2. The van der Waals surface area contributed by atoms with Crippen LogP contribution in [0.4, 0.5) is 5.82 Å². The number of nitrogens with one attached hydrogen (secondary N) is 1. The van der Waals surface area contributed by atoms with E-state index in [9.17, 15) is 8.42 Å². The number of hydrogen-bond donors (Lipinski definition) is 1. The number of hydrogen-bond acceptors (Lipinski definition) is 3. The molecule has 0 radical (unpaired) electrons. The van der Waals surface area contributed by atoms with Gasteiger partial charge in [-0.05, 0) is 30.7 Å². The van der Waals surface area contributed by atoms with Gasteiger partial charge in [-0.1, -0.05) is 36.4 Å². The lowest BCUT2D eigenvalue weighted by atomic mass is 10.2. The maximum atomic E-state index is 12.6. The fourth-order valence-electron chi connectivity index (χ4n) is 2.21. The first kappa shape index (κ1) is 14.3. The highest BCUT2D eigenvalue weighted by molar-refractivity contribution is 7.92. The van der Waals surface area contributed by atoms with Crippen LogP contribution in [0.25, 0.3) is 5.69 Å². The van der Waals surface area contributed by atoms with E-state index in [0.29, 0.717) is 11.4 Å². The molecule has 1 N–H and O–H groups in total. The second-order valence-corrected chi connectivity index (χ2v) is 6.49. The maximum Gasteiger partial charge on any atom is 0.263 e. The van der Waals surface area contributed by atoms with Crippen molar-refractivity contribution in [3.05, 3.63) is 72.4 Å². The Morgan fingerprint density at radius 3 is 2.36 bits per heavy atom. The van der Waals surface area contributed by atoms with E-state index in [1.54, 1.807) is 42.1 Å². The van der Waals surface area contributed by atoms with Gasteiger partial charge in [-0.15, -0.1) is 0 Å². The number of benzene rings is 2. The molecule has 0 bridgehead atoms. The molecule has 0 saturated heterocycles. The molecule has 3 rings (SSSR count). The van der Waals surface area contributed by atoms with Crippen molar-refractivity contribution in [1.82, 2.24) is 9.78 Å². The highest BCUT2D eigenvalue weighted by Gasteiger charge is 2.18. The molecule has 0 amide bonds. The molecular formula is C16H15N3O2S. The number of rotatable bonds is 4. The van der Waals surface area contributed by atoms with Gasteiger partial charge in [-0.3, -0.25) is 4.72 Å². The zero-order valence-electron chi connectivity index (χ0n) is 12.0. The number of sulfonamides is 1. The Bertz CT molecular complexity index is 887. The summed E-state index contributed by atoms with van der Waals surface area (Å²) in [6, 6.07) is 17.8. The number of anilines is 1. The molecule has 0 spiro atoms. The van der Waals surface area contributed by atoms with Crippen molar-refractivity contribution in [3.8, 4) is 5.69 Å². The molecule has 0 aliphatic rings. The smallest absolute Gasteiger partial charge is 0.263 e. The Labute approximate surface area is 129 Å². The summed E-state index contributed by atoms with van der Waals surface area (Å²) in [5.74, 6) is 0.398. The molecule has 6 heteroatoms. The molecule has 0 saturated carbocycles. The molecular weight excluding hydrogens is 298 g/mol. The van der Waals surface area contributed by atoms with Crippen LogP contribution in [0, 0.1) is 6.92 Å². The van der Waals surface area contributed by atoms with E-state index in [0.717, 1.165) is 5.69 Å². The van der Waals surface area contributed by atoms with Crippen molar-refractivity contribution >= 4 is 15.8 Å². The highest BCUT2D eigenvalue weighted by atomic mass is 32.2. The number of aryl methyl sites for hydroxylation is 1. The van der Waals surface area contributed by atoms with E-state index >= 15 is 0 Å². The average molecular weight is 313 g/mol. The van der Waals surface area contributed by atoms with Gasteiger partial charge in [0.05, 0.1) is 16.8 Å². The third-order valence-electron chi connectivity index (χ3n) is 3.27. The molecule has 0 fully saturated rings. The van der Waals surface area contributed by atoms with Crippen molar-refractivity contribution < 1.29 is 8.42 Å². The van der Waals surface area contributed by atoms with Crippen molar-refractivity contribution in [3.63, 3.8) is 0 Å². The molecule has 0 aliphatic heterocycles. The van der Waals surface area contributed by atoms with Gasteiger partial charge in [-0.25, -0.2) is 13.1 Å². The van der Waals surface area contributed by atoms with Crippen LogP contribution in [0.3, 0.4) is 0 Å². The van der Waals surface area contributed by atoms with Crippen molar-refractivity contribution in [1.29, 1.82) is 0 Å². The van der Waals surface area contributed by atoms with Gasteiger partial charge < -0.3 is 0 Å². The third kappa shape index (κ3) is 2.73. The molecule has 0 unspecified atom stereocenters. The quantitative estimate of drug-likeness (QED) is 0.805. The highest BCUT2D eigenvalue weighted by Crippen LogP contribution is 2.21. The number of para-hydroxylation sites is 1. The van der Waals surface area contributed by atoms with Gasteiger partial charge in [0.25, 0.3) is 10.0 Å². The second-order valence-electron chi connectivity index (χ2n) is 4.83. The Kier molecular flexibility index (Phi) is 3.68. The molecule has 0 aliphatic carbocycles. The first-order valence-corrected chi connectivity index (χ1v) is 8.24. The Hall–Kier alpha value is -2.60. The van der Waals surface area contributed by atoms with Crippen LogP contribution < -0.4 is 4.72 Å². The van der Waals surface area contributed by atoms with Crippen LogP contribution in [0.15, 0.2) is 71.8 Å². The largest absolute Gasteiger partial charge is 0.263 e. The van der Waals surface area contributed by atoms with Crippen LogP contribution in [0.1, 0.15) is 5.56 Å². The third-order valence-corrected chi connectivity index (χ3v) is 4.78. The number of nitrogens with zero attached hydrogens (tertiary/aromatic N) is 2. The molecule has 0 atom stereocenters. The van der Waals surface area contributed by atoms with Gasteiger partial charge in [0.2, 0.25) is 0 Å². The minimum atomic E-state index is -3.66. The van der Waals surface area contributed by atoms with E-state index in [-0.39, 0.29) is 4.90 Å². The first-order chi connectivity index (χ1) is 10.6. The van der Waals surface area contributed by atoms with E-state index in [2.05, 4.69) is 9.82 Å². The summed E-state index contributed by atoms with van der Waals surface area (Å²) in [7, 11) is -3.66. The van der Waals surface area contributed by atoms with Crippen molar-refractivity contribution in [2.75, 3.05) is 4.72 Å². The lowest BCUT2D eigenvalue weighted by molar-refractivity contribution is 0.600. The zero-order chi connectivity index (χ0) is 15.6. The first-order valence-electron chi connectivity index (χ1n) is 6.76. The molecule has 5 nitrogen and oxygen atoms in total. The van der Waals surface area contributed by atoms with E-state index in [4.69, 9.17) is 0 Å². The Morgan fingerprint density at radius 2 is 1.64 bits per heavy atom. The SMILES string of the molecule is Cc1ccccc1S(=O)(=O)Nc1ccnn1-c1ccccc1. The summed E-state index contributed by atoms with van der Waals surface area (Å²) in [4.78, 5) is 0.260. The van der Waals surface area contributed by atoms with E-state index < -0.39 is 10.0 Å². The number of aromatic nitrogens is 2. The summed E-state index contributed by atoms with van der Waals surface area (Å²) in [5, 5.41) is 4.18. The molecule has 3 aromatic rings. The van der Waals surface area contributed by atoms with Crippen LogP contribution in [-0.4, -0.2) is 18.2 Å². The second kappa shape index (κ2) is 5.65. The van der Waals surface area contributed by atoms with Gasteiger partial charge in [0.1, 0.15) is 5.82 Å². The minimum Gasteiger partial charge on any atom is -0.263 e. The molecule has 112 valence electrons. The monoisotopic (exact) mass is 313 g/mol. The van der Waals surface area contributed by atoms with Crippen molar-refractivity contribution in [2.45, 2.75) is 11.8 Å². The Morgan fingerprint density at radius 1 is 0.955 bits per heavy atom. The lowest BCUT2D eigenvalue weighted by Gasteiger charge is -2.12. The van der Waals surface area contributed by atoms with Crippen LogP contribution in [0.5, 0.6) is 0 Å². The summed E-state index contributed by atoms with van der Waals surface area (Å²) in [5.41, 5.74) is 1.48.